The second-order valence-corrected chi connectivity index (χ2v) is 13.0. The average molecular weight is 447 g/mol. The first-order chi connectivity index (χ1) is 15.0. The average Bonchev–Trinajstić information content (AvgIpc) is 3.10. The summed E-state index contributed by atoms with van der Waals surface area (Å²) in [5, 5.41) is 34.2. The van der Waals surface area contributed by atoms with Crippen molar-refractivity contribution in [2.45, 2.75) is 130 Å². The second-order valence-electron chi connectivity index (χ2n) is 13.0. The molecule has 0 amide bonds. The standard InChI is InChI=1S/C29H50O3/c1-7-20(18(2)3)11-10-19(4)21-12-13-22-24-23(14-17-27(21,22)5)28(6)15-8-9-16-29(28,32)26(31)25(24)30/h18-22,25-26,30-32H,7-17H2,1-6H3/t19-,20+,21-,22+,25+,26-,27-,28-,29+/m1/s1. The summed E-state index contributed by atoms with van der Waals surface area (Å²) < 4.78 is 0. The largest absolute Gasteiger partial charge is 0.387 e. The van der Waals surface area contributed by atoms with E-state index in [9.17, 15) is 15.3 Å². The normalized spacial score (nSPS) is 45.9. The highest BCUT2D eigenvalue weighted by molar-refractivity contribution is 5.41. The van der Waals surface area contributed by atoms with Crippen LogP contribution in [0.4, 0.5) is 0 Å². The summed E-state index contributed by atoms with van der Waals surface area (Å²) in [7, 11) is 0. The Morgan fingerprint density at radius 3 is 2.31 bits per heavy atom. The Kier molecular flexibility index (Phi) is 6.71. The lowest BCUT2D eigenvalue weighted by Crippen LogP contribution is -2.66. The van der Waals surface area contributed by atoms with Crippen LogP contribution in [0.5, 0.6) is 0 Å². The fourth-order valence-corrected chi connectivity index (χ4v) is 9.17. The fraction of sp³-hybridized carbons (Fsp3) is 0.931. The summed E-state index contributed by atoms with van der Waals surface area (Å²) in [6, 6.07) is 0. The maximum atomic E-state index is 11.6. The van der Waals surface area contributed by atoms with Gasteiger partial charge in [0.2, 0.25) is 0 Å². The van der Waals surface area contributed by atoms with Crippen LogP contribution in [0.2, 0.25) is 0 Å². The van der Waals surface area contributed by atoms with Crippen LogP contribution in [0.15, 0.2) is 11.1 Å². The van der Waals surface area contributed by atoms with Crippen molar-refractivity contribution < 1.29 is 15.3 Å². The van der Waals surface area contributed by atoms with Gasteiger partial charge in [0.15, 0.2) is 0 Å². The smallest absolute Gasteiger partial charge is 0.113 e. The predicted molar refractivity (Wildman–Crippen MR) is 131 cm³/mol. The lowest BCUT2D eigenvalue weighted by atomic mass is 9.47. The summed E-state index contributed by atoms with van der Waals surface area (Å²) >= 11 is 0. The first-order valence-electron chi connectivity index (χ1n) is 13.8. The van der Waals surface area contributed by atoms with E-state index >= 15 is 0 Å². The van der Waals surface area contributed by atoms with E-state index in [1.807, 2.05) is 0 Å². The highest BCUT2D eigenvalue weighted by Crippen LogP contribution is 2.66. The molecule has 3 N–H and O–H groups in total. The van der Waals surface area contributed by atoms with Crippen LogP contribution in [0, 0.1) is 40.4 Å². The molecule has 2 fully saturated rings. The third kappa shape index (κ3) is 3.47. The van der Waals surface area contributed by atoms with E-state index in [-0.39, 0.29) is 10.8 Å². The molecule has 0 spiro atoms. The molecule has 184 valence electrons. The molecule has 0 saturated heterocycles. The van der Waals surface area contributed by atoms with Gasteiger partial charge in [-0.1, -0.05) is 72.8 Å². The van der Waals surface area contributed by atoms with Gasteiger partial charge in [-0.25, -0.2) is 0 Å². The van der Waals surface area contributed by atoms with Crippen molar-refractivity contribution in [1.29, 1.82) is 0 Å². The molecule has 2 saturated carbocycles. The molecule has 0 aromatic heterocycles. The van der Waals surface area contributed by atoms with E-state index in [0.29, 0.717) is 24.2 Å². The highest BCUT2D eigenvalue weighted by Gasteiger charge is 2.64. The van der Waals surface area contributed by atoms with Gasteiger partial charge in [-0.05, 0) is 85.5 Å². The number of hydrogen-bond acceptors (Lipinski definition) is 3. The van der Waals surface area contributed by atoms with Gasteiger partial charge in [-0.2, -0.15) is 0 Å². The van der Waals surface area contributed by atoms with Gasteiger partial charge in [0.1, 0.15) is 17.8 Å². The number of aliphatic hydroxyl groups excluding tert-OH is 2. The molecule has 0 radical (unpaired) electrons. The molecule has 0 aromatic rings. The Hall–Kier alpha value is -0.380. The first kappa shape index (κ1) is 24.7. The molecule has 0 aliphatic heterocycles. The van der Waals surface area contributed by atoms with Gasteiger partial charge in [0.25, 0.3) is 0 Å². The van der Waals surface area contributed by atoms with Crippen molar-refractivity contribution in [3.63, 3.8) is 0 Å². The number of aliphatic hydroxyl groups is 3. The SMILES string of the molecule is CC[C@@H](CC[C@@H](C)[C@H]1CC[C@H]2C3=C(CC[C@]12C)[C@@]1(C)CCCC[C@]1(O)[C@H](O)[C@H]3O)C(C)C. The maximum Gasteiger partial charge on any atom is 0.113 e. The minimum Gasteiger partial charge on any atom is -0.387 e. The van der Waals surface area contributed by atoms with E-state index in [0.717, 1.165) is 49.5 Å². The van der Waals surface area contributed by atoms with Crippen LogP contribution in [-0.2, 0) is 0 Å². The Morgan fingerprint density at radius 2 is 1.66 bits per heavy atom. The molecule has 4 aliphatic carbocycles. The monoisotopic (exact) mass is 446 g/mol. The molecule has 4 rings (SSSR count). The van der Waals surface area contributed by atoms with Crippen molar-refractivity contribution in [1.82, 2.24) is 0 Å². The van der Waals surface area contributed by atoms with E-state index in [1.54, 1.807) is 0 Å². The molecular formula is C29H50O3. The van der Waals surface area contributed by atoms with Crippen LogP contribution in [0.25, 0.3) is 0 Å². The zero-order valence-electron chi connectivity index (χ0n) is 21.7. The zero-order valence-corrected chi connectivity index (χ0v) is 21.7. The van der Waals surface area contributed by atoms with Crippen LogP contribution >= 0.6 is 0 Å². The van der Waals surface area contributed by atoms with Crippen molar-refractivity contribution in [2.24, 2.45) is 40.4 Å². The number of hydrogen-bond donors (Lipinski definition) is 3. The molecular weight excluding hydrogens is 396 g/mol. The first-order valence-corrected chi connectivity index (χ1v) is 13.8. The maximum absolute atomic E-state index is 11.6. The van der Waals surface area contributed by atoms with Gasteiger partial charge in [0.05, 0.1) is 0 Å². The molecule has 4 aliphatic rings. The van der Waals surface area contributed by atoms with Gasteiger partial charge >= 0.3 is 0 Å². The highest BCUT2D eigenvalue weighted by atomic mass is 16.4. The fourth-order valence-electron chi connectivity index (χ4n) is 9.17. The summed E-state index contributed by atoms with van der Waals surface area (Å²) in [5.74, 6) is 3.33. The number of fused-ring (bicyclic) bond motifs is 4. The summed E-state index contributed by atoms with van der Waals surface area (Å²) in [5.41, 5.74) is 1.12. The van der Waals surface area contributed by atoms with E-state index in [2.05, 4.69) is 41.5 Å². The molecule has 0 heterocycles. The third-order valence-electron chi connectivity index (χ3n) is 11.4. The molecule has 32 heavy (non-hydrogen) atoms. The molecule has 0 aromatic carbocycles. The Balaban J connectivity index is 1.61. The van der Waals surface area contributed by atoms with Crippen molar-refractivity contribution in [2.75, 3.05) is 0 Å². The van der Waals surface area contributed by atoms with E-state index in [4.69, 9.17) is 0 Å². The molecule has 0 bridgehead atoms. The van der Waals surface area contributed by atoms with Gasteiger partial charge in [-0.15, -0.1) is 0 Å². The van der Waals surface area contributed by atoms with Gasteiger partial charge < -0.3 is 15.3 Å². The van der Waals surface area contributed by atoms with Crippen LogP contribution in [0.3, 0.4) is 0 Å². The van der Waals surface area contributed by atoms with E-state index in [1.165, 1.54) is 37.7 Å². The predicted octanol–water partition coefficient (Wildman–Crippen LogP) is 6.25. The second kappa shape index (κ2) is 8.68. The minimum atomic E-state index is -1.17. The Bertz CT molecular complexity index is 728. The third-order valence-corrected chi connectivity index (χ3v) is 11.4. The summed E-state index contributed by atoms with van der Waals surface area (Å²) in [4.78, 5) is 0. The lowest BCUT2D eigenvalue weighted by Gasteiger charge is -2.60. The number of rotatable bonds is 6. The quantitative estimate of drug-likeness (QED) is 0.422. The van der Waals surface area contributed by atoms with Gasteiger partial charge in [0, 0.05) is 5.41 Å². The van der Waals surface area contributed by atoms with Crippen LogP contribution < -0.4 is 0 Å². The van der Waals surface area contributed by atoms with Crippen LogP contribution in [0.1, 0.15) is 112 Å². The van der Waals surface area contributed by atoms with Gasteiger partial charge in [-0.3, -0.25) is 0 Å². The Labute approximate surface area is 197 Å². The Morgan fingerprint density at radius 1 is 0.969 bits per heavy atom. The minimum absolute atomic E-state index is 0.207. The van der Waals surface area contributed by atoms with E-state index < -0.39 is 17.8 Å². The van der Waals surface area contributed by atoms with Crippen molar-refractivity contribution in [3.8, 4) is 0 Å². The molecule has 3 nitrogen and oxygen atoms in total. The molecule has 3 heteroatoms. The summed E-state index contributed by atoms with van der Waals surface area (Å²) in [6.45, 7) is 14.2. The summed E-state index contributed by atoms with van der Waals surface area (Å²) in [6.07, 6.45) is 10.1. The van der Waals surface area contributed by atoms with Crippen LogP contribution in [-0.4, -0.2) is 33.1 Å². The van der Waals surface area contributed by atoms with Crippen molar-refractivity contribution in [3.05, 3.63) is 11.1 Å². The zero-order chi connectivity index (χ0) is 23.5. The lowest BCUT2D eigenvalue weighted by molar-refractivity contribution is -0.200. The molecule has 9 atom stereocenters. The molecule has 0 unspecified atom stereocenters. The topological polar surface area (TPSA) is 60.7 Å². The van der Waals surface area contributed by atoms with Crippen molar-refractivity contribution >= 4 is 0 Å².